The van der Waals surface area contributed by atoms with Crippen molar-refractivity contribution in [1.29, 1.82) is 0 Å². The summed E-state index contributed by atoms with van der Waals surface area (Å²) in [7, 11) is 0. The SMILES string of the molecule is O=C1/C(=N\O)c2cc(F)ccc2N1Cc1ccccc1[N+](=O)[O-]. The predicted octanol–water partition coefficient (Wildman–Crippen LogP) is 2.46. The Balaban J connectivity index is 2.06. The molecule has 1 N–H and O–H groups in total. The Morgan fingerprint density at radius 2 is 2.00 bits per heavy atom. The highest BCUT2D eigenvalue weighted by molar-refractivity contribution is 6.54. The van der Waals surface area contributed by atoms with Crippen LogP contribution in [0.2, 0.25) is 0 Å². The van der Waals surface area contributed by atoms with Crippen molar-refractivity contribution in [1.82, 2.24) is 0 Å². The van der Waals surface area contributed by atoms with Gasteiger partial charge in [-0.3, -0.25) is 14.9 Å². The number of nitro benzene ring substituents is 1. The van der Waals surface area contributed by atoms with E-state index in [1.165, 1.54) is 35.2 Å². The minimum Gasteiger partial charge on any atom is -0.410 e. The number of carbonyl (C=O) groups is 1. The molecule has 2 aromatic rings. The van der Waals surface area contributed by atoms with Gasteiger partial charge in [0.25, 0.3) is 11.6 Å². The molecule has 0 fully saturated rings. The number of nitro groups is 1. The van der Waals surface area contributed by atoms with Crippen LogP contribution in [0, 0.1) is 15.9 Å². The van der Waals surface area contributed by atoms with Gasteiger partial charge in [0.05, 0.1) is 17.2 Å². The molecule has 0 radical (unpaired) electrons. The van der Waals surface area contributed by atoms with E-state index < -0.39 is 16.6 Å². The summed E-state index contributed by atoms with van der Waals surface area (Å²) in [6.07, 6.45) is 0. The minimum atomic E-state index is -0.647. The normalized spacial score (nSPS) is 15.1. The molecule has 0 aromatic heterocycles. The maximum Gasteiger partial charge on any atom is 0.281 e. The predicted molar refractivity (Wildman–Crippen MR) is 79.0 cm³/mol. The first-order valence-corrected chi connectivity index (χ1v) is 6.59. The highest BCUT2D eigenvalue weighted by atomic mass is 19.1. The standard InChI is InChI=1S/C15H10FN3O4/c16-10-5-6-13-11(7-10)14(17-21)15(20)18(13)8-9-3-1-2-4-12(9)19(22)23/h1-7,21H,8H2/b17-14-. The van der Waals surface area contributed by atoms with E-state index in [9.17, 15) is 19.3 Å². The third-order valence-electron chi connectivity index (χ3n) is 3.57. The number of hydrogen-bond donors (Lipinski definition) is 1. The maximum absolute atomic E-state index is 13.4. The highest BCUT2D eigenvalue weighted by Crippen LogP contribution is 2.32. The summed E-state index contributed by atoms with van der Waals surface area (Å²) in [5, 5.41) is 23.0. The topological polar surface area (TPSA) is 96.0 Å². The van der Waals surface area contributed by atoms with Crippen molar-refractivity contribution >= 4 is 23.0 Å². The second-order valence-corrected chi connectivity index (χ2v) is 4.89. The van der Waals surface area contributed by atoms with E-state index in [1.807, 2.05) is 0 Å². The minimum absolute atomic E-state index is 0.0896. The van der Waals surface area contributed by atoms with Crippen LogP contribution in [0.4, 0.5) is 15.8 Å². The fourth-order valence-corrected chi connectivity index (χ4v) is 2.53. The zero-order chi connectivity index (χ0) is 16.6. The Bertz CT molecular complexity index is 850. The first kappa shape index (κ1) is 14.6. The summed E-state index contributed by atoms with van der Waals surface area (Å²) in [4.78, 5) is 24.1. The quantitative estimate of drug-likeness (QED) is 0.534. The van der Waals surface area contributed by atoms with Gasteiger partial charge in [0, 0.05) is 17.2 Å². The largest absolute Gasteiger partial charge is 0.410 e. The van der Waals surface area contributed by atoms with Gasteiger partial charge >= 0.3 is 0 Å². The van der Waals surface area contributed by atoms with Crippen LogP contribution in [0.5, 0.6) is 0 Å². The number of para-hydroxylation sites is 1. The Kier molecular flexibility index (Phi) is 3.49. The van der Waals surface area contributed by atoms with Crippen molar-refractivity contribution in [2.75, 3.05) is 4.90 Å². The zero-order valence-electron chi connectivity index (χ0n) is 11.6. The van der Waals surface area contributed by atoms with Crippen LogP contribution in [0.15, 0.2) is 47.6 Å². The van der Waals surface area contributed by atoms with Crippen molar-refractivity contribution < 1.29 is 19.3 Å². The monoisotopic (exact) mass is 315 g/mol. The number of carbonyl (C=O) groups excluding carboxylic acids is 1. The van der Waals surface area contributed by atoms with Gasteiger partial charge in [-0.15, -0.1) is 0 Å². The summed E-state index contributed by atoms with van der Waals surface area (Å²) in [6, 6.07) is 9.63. The van der Waals surface area contributed by atoms with Crippen LogP contribution >= 0.6 is 0 Å². The number of oxime groups is 1. The Labute approximate surface area is 129 Å². The van der Waals surface area contributed by atoms with Crippen molar-refractivity contribution in [2.45, 2.75) is 6.54 Å². The number of nitrogens with zero attached hydrogens (tertiary/aromatic N) is 3. The summed E-state index contributed by atoms with van der Waals surface area (Å²) >= 11 is 0. The first-order valence-electron chi connectivity index (χ1n) is 6.59. The molecular formula is C15H10FN3O4. The van der Waals surface area contributed by atoms with E-state index in [4.69, 9.17) is 5.21 Å². The van der Waals surface area contributed by atoms with E-state index >= 15 is 0 Å². The molecule has 0 aliphatic carbocycles. The van der Waals surface area contributed by atoms with Gasteiger partial charge in [-0.05, 0) is 18.2 Å². The molecule has 2 aromatic carbocycles. The summed E-state index contributed by atoms with van der Waals surface area (Å²) < 4.78 is 13.4. The van der Waals surface area contributed by atoms with Gasteiger partial charge in [0.2, 0.25) is 0 Å². The molecule has 1 heterocycles. The number of rotatable bonds is 3. The molecular weight excluding hydrogens is 305 g/mol. The lowest BCUT2D eigenvalue weighted by Gasteiger charge is -2.16. The average Bonchev–Trinajstić information content (AvgIpc) is 2.78. The van der Waals surface area contributed by atoms with E-state index in [0.29, 0.717) is 11.3 Å². The van der Waals surface area contributed by atoms with Gasteiger partial charge in [-0.1, -0.05) is 23.4 Å². The second-order valence-electron chi connectivity index (χ2n) is 4.89. The molecule has 0 saturated heterocycles. The van der Waals surface area contributed by atoms with E-state index in [0.717, 1.165) is 6.07 Å². The third kappa shape index (κ3) is 2.39. The Hall–Kier alpha value is -3.29. The maximum atomic E-state index is 13.4. The number of benzene rings is 2. The summed E-state index contributed by atoms with van der Waals surface area (Å²) in [5.74, 6) is -1.23. The molecule has 1 amide bonds. The molecule has 8 heteroatoms. The highest BCUT2D eigenvalue weighted by Gasteiger charge is 2.35. The molecule has 116 valence electrons. The molecule has 0 atom stereocenters. The molecule has 0 unspecified atom stereocenters. The molecule has 0 bridgehead atoms. The molecule has 3 rings (SSSR count). The second kappa shape index (κ2) is 5.48. The van der Waals surface area contributed by atoms with Gasteiger partial charge in [0.1, 0.15) is 5.82 Å². The molecule has 0 spiro atoms. The lowest BCUT2D eigenvalue weighted by Crippen LogP contribution is -2.29. The van der Waals surface area contributed by atoms with Crippen LogP contribution in [0.3, 0.4) is 0 Å². The molecule has 1 aliphatic heterocycles. The van der Waals surface area contributed by atoms with E-state index in [1.54, 1.807) is 6.07 Å². The Morgan fingerprint density at radius 3 is 2.70 bits per heavy atom. The van der Waals surface area contributed by atoms with Crippen LogP contribution in [0.1, 0.15) is 11.1 Å². The van der Waals surface area contributed by atoms with Gasteiger partial charge in [-0.2, -0.15) is 0 Å². The van der Waals surface area contributed by atoms with Crippen LogP contribution in [0.25, 0.3) is 0 Å². The smallest absolute Gasteiger partial charge is 0.281 e. The van der Waals surface area contributed by atoms with E-state index in [2.05, 4.69) is 5.16 Å². The Morgan fingerprint density at radius 1 is 1.26 bits per heavy atom. The lowest BCUT2D eigenvalue weighted by molar-refractivity contribution is -0.385. The fourth-order valence-electron chi connectivity index (χ4n) is 2.53. The molecule has 23 heavy (non-hydrogen) atoms. The van der Waals surface area contributed by atoms with Crippen molar-refractivity contribution in [3.8, 4) is 0 Å². The zero-order valence-corrected chi connectivity index (χ0v) is 11.6. The van der Waals surface area contributed by atoms with Gasteiger partial charge < -0.3 is 10.1 Å². The molecule has 0 saturated carbocycles. The third-order valence-corrected chi connectivity index (χ3v) is 3.57. The lowest BCUT2D eigenvalue weighted by atomic mass is 10.1. The van der Waals surface area contributed by atoms with Crippen molar-refractivity contribution in [3.05, 3.63) is 69.5 Å². The number of amides is 1. The number of hydrogen-bond acceptors (Lipinski definition) is 5. The molecule has 1 aliphatic rings. The van der Waals surface area contributed by atoms with Crippen molar-refractivity contribution in [3.63, 3.8) is 0 Å². The van der Waals surface area contributed by atoms with E-state index in [-0.39, 0.29) is 23.5 Å². The van der Waals surface area contributed by atoms with Crippen molar-refractivity contribution in [2.24, 2.45) is 5.16 Å². The summed E-state index contributed by atoms with van der Waals surface area (Å²) in [5.41, 5.74) is 0.384. The van der Waals surface area contributed by atoms with Gasteiger partial charge in [0.15, 0.2) is 5.71 Å². The van der Waals surface area contributed by atoms with Crippen LogP contribution < -0.4 is 4.90 Å². The number of fused-ring (bicyclic) bond motifs is 1. The van der Waals surface area contributed by atoms with Crippen LogP contribution in [-0.2, 0) is 11.3 Å². The molecule has 7 nitrogen and oxygen atoms in total. The number of halogens is 1. The van der Waals surface area contributed by atoms with Gasteiger partial charge in [-0.25, -0.2) is 4.39 Å². The summed E-state index contributed by atoms with van der Waals surface area (Å²) in [6.45, 7) is -0.0896. The first-order chi connectivity index (χ1) is 11.0. The number of anilines is 1. The average molecular weight is 315 g/mol. The van der Waals surface area contributed by atoms with Crippen LogP contribution in [-0.4, -0.2) is 21.7 Å². The fraction of sp³-hybridized carbons (Fsp3) is 0.0667.